The maximum Gasteiger partial charge on any atom is 0.0889 e. The molecule has 0 aromatic heterocycles. The number of nitrogens with one attached hydrogen (secondary N) is 1. The van der Waals surface area contributed by atoms with Crippen LogP contribution in [-0.4, -0.2) is 49.7 Å². The Hall–Kier alpha value is -0.160. The fraction of sp³-hybridized carbons (Fsp3) is 1.00. The second-order valence-electron chi connectivity index (χ2n) is 3.84. The molecule has 0 radical (unpaired) electrons. The first-order chi connectivity index (χ1) is 6.18. The van der Waals surface area contributed by atoms with Gasteiger partial charge in [0.2, 0.25) is 0 Å². The molecule has 4 heteroatoms. The van der Waals surface area contributed by atoms with Gasteiger partial charge in [-0.25, -0.2) is 0 Å². The lowest BCUT2D eigenvalue weighted by atomic mass is 10.0. The highest BCUT2D eigenvalue weighted by molar-refractivity contribution is 4.89. The zero-order chi connectivity index (χ0) is 9.73. The third-order valence-corrected chi connectivity index (χ3v) is 2.03. The number of rotatable bonds is 3. The van der Waals surface area contributed by atoms with E-state index in [0.717, 1.165) is 0 Å². The van der Waals surface area contributed by atoms with Crippen molar-refractivity contribution in [1.82, 2.24) is 5.32 Å². The third kappa shape index (κ3) is 3.23. The van der Waals surface area contributed by atoms with Gasteiger partial charge in [-0.05, 0) is 0 Å². The molecule has 0 unspecified atom stereocenters. The molecule has 1 aliphatic heterocycles. The van der Waals surface area contributed by atoms with Gasteiger partial charge in [-0.2, -0.15) is 0 Å². The zero-order valence-corrected chi connectivity index (χ0v) is 8.38. The highest BCUT2D eigenvalue weighted by atomic mass is 16.5. The first-order valence-corrected chi connectivity index (χ1v) is 4.72. The van der Waals surface area contributed by atoms with Crippen LogP contribution in [0.5, 0.6) is 0 Å². The van der Waals surface area contributed by atoms with Gasteiger partial charge in [0.25, 0.3) is 0 Å². The van der Waals surface area contributed by atoms with Crippen LogP contribution in [0, 0.1) is 0 Å². The molecule has 4 nitrogen and oxygen atoms in total. The summed E-state index contributed by atoms with van der Waals surface area (Å²) < 4.78 is 10.7. The Morgan fingerprint density at radius 3 is 2.23 bits per heavy atom. The quantitative estimate of drug-likeness (QED) is 0.643. The fourth-order valence-corrected chi connectivity index (χ4v) is 1.53. The molecule has 13 heavy (non-hydrogen) atoms. The van der Waals surface area contributed by atoms with Crippen LogP contribution in [0.1, 0.15) is 13.8 Å². The van der Waals surface area contributed by atoms with Gasteiger partial charge < -0.3 is 19.9 Å². The minimum Gasteiger partial charge on any atom is -0.394 e. The Morgan fingerprint density at radius 2 is 1.85 bits per heavy atom. The summed E-state index contributed by atoms with van der Waals surface area (Å²) in [6, 6.07) is 0.317. The van der Waals surface area contributed by atoms with E-state index in [9.17, 15) is 5.11 Å². The van der Waals surface area contributed by atoms with Gasteiger partial charge in [0.1, 0.15) is 0 Å². The van der Waals surface area contributed by atoms with E-state index in [2.05, 4.69) is 5.32 Å². The molecule has 0 spiro atoms. The number of aliphatic hydroxyl groups excluding tert-OH is 1. The monoisotopic (exact) mass is 189 g/mol. The van der Waals surface area contributed by atoms with Crippen LogP contribution in [-0.2, 0) is 9.47 Å². The molecule has 1 heterocycles. The molecule has 1 saturated heterocycles. The lowest BCUT2D eigenvalue weighted by Crippen LogP contribution is -2.57. The number of hydrogen-bond donors (Lipinski definition) is 2. The van der Waals surface area contributed by atoms with Crippen LogP contribution >= 0.6 is 0 Å². The van der Waals surface area contributed by atoms with Crippen molar-refractivity contribution in [3.63, 3.8) is 0 Å². The second kappa shape index (κ2) is 4.91. The van der Waals surface area contributed by atoms with E-state index in [1.807, 2.05) is 13.8 Å². The van der Waals surface area contributed by atoms with Gasteiger partial charge in [0.05, 0.1) is 38.6 Å². The molecule has 1 aliphatic rings. The average Bonchev–Trinajstić information content (AvgIpc) is 2.30. The Kier molecular flexibility index (Phi) is 4.12. The first kappa shape index (κ1) is 10.9. The SMILES string of the molecule is CC(C)NC1(CO)COCCOC1. The Morgan fingerprint density at radius 1 is 1.31 bits per heavy atom. The van der Waals surface area contributed by atoms with Gasteiger partial charge in [0, 0.05) is 6.04 Å². The Balaban J connectivity index is 2.53. The zero-order valence-electron chi connectivity index (χ0n) is 8.38. The summed E-state index contributed by atoms with van der Waals surface area (Å²) in [5.74, 6) is 0. The summed E-state index contributed by atoms with van der Waals surface area (Å²) in [5, 5.41) is 12.6. The first-order valence-electron chi connectivity index (χ1n) is 4.72. The van der Waals surface area contributed by atoms with E-state index in [1.54, 1.807) is 0 Å². The van der Waals surface area contributed by atoms with Crippen molar-refractivity contribution < 1.29 is 14.6 Å². The smallest absolute Gasteiger partial charge is 0.0889 e. The van der Waals surface area contributed by atoms with E-state index in [0.29, 0.717) is 32.5 Å². The van der Waals surface area contributed by atoms with Crippen molar-refractivity contribution in [1.29, 1.82) is 0 Å². The van der Waals surface area contributed by atoms with Gasteiger partial charge >= 0.3 is 0 Å². The predicted molar refractivity (Wildman–Crippen MR) is 49.7 cm³/mol. The minimum absolute atomic E-state index is 0.0468. The van der Waals surface area contributed by atoms with Crippen molar-refractivity contribution in [2.45, 2.75) is 25.4 Å². The van der Waals surface area contributed by atoms with Crippen LogP contribution in [0.2, 0.25) is 0 Å². The molecule has 1 rings (SSSR count). The maximum atomic E-state index is 9.29. The molecule has 0 aromatic rings. The van der Waals surface area contributed by atoms with Crippen LogP contribution < -0.4 is 5.32 Å². The van der Waals surface area contributed by atoms with E-state index >= 15 is 0 Å². The molecular weight excluding hydrogens is 170 g/mol. The van der Waals surface area contributed by atoms with Crippen LogP contribution in [0.3, 0.4) is 0 Å². The molecule has 0 bridgehead atoms. The molecule has 2 N–H and O–H groups in total. The van der Waals surface area contributed by atoms with E-state index in [-0.39, 0.29) is 6.61 Å². The summed E-state index contributed by atoms with van der Waals surface area (Å²) in [6.07, 6.45) is 0. The van der Waals surface area contributed by atoms with Crippen LogP contribution in [0.15, 0.2) is 0 Å². The molecule has 78 valence electrons. The molecule has 0 aromatic carbocycles. The topological polar surface area (TPSA) is 50.7 Å². The third-order valence-electron chi connectivity index (χ3n) is 2.03. The predicted octanol–water partition coefficient (Wildman–Crippen LogP) is -0.238. The summed E-state index contributed by atoms with van der Waals surface area (Å²) >= 11 is 0. The number of ether oxygens (including phenoxy) is 2. The van der Waals surface area contributed by atoms with E-state index in [4.69, 9.17) is 9.47 Å². The Bertz CT molecular complexity index is 142. The number of hydrogen-bond acceptors (Lipinski definition) is 4. The summed E-state index contributed by atoms with van der Waals surface area (Å²) in [4.78, 5) is 0. The standard InChI is InChI=1S/C9H19NO3/c1-8(2)10-9(5-11)6-12-3-4-13-7-9/h8,10-11H,3-7H2,1-2H3. The molecule has 1 fully saturated rings. The van der Waals surface area contributed by atoms with Gasteiger partial charge in [-0.3, -0.25) is 0 Å². The van der Waals surface area contributed by atoms with Gasteiger partial charge in [-0.15, -0.1) is 0 Å². The van der Waals surface area contributed by atoms with Gasteiger partial charge in [-0.1, -0.05) is 13.8 Å². The van der Waals surface area contributed by atoms with Crippen molar-refractivity contribution in [3.05, 3.63) is 0 Å². The van der Waals surface area contributed by atoms with Crippen molar-refractivity contribution >= 4 is 0 Å². The molecule has 0 atom stereocenters. The highest BCUT2D eigenvalue weighted by Crippen LogP contribution is 2.10. The molecule has 0 amide bonds. The number of aliphatic hydroxyl groups is 1. The lowest BCUT2D eigenvalue weighted by Gasteiger charge is -2.32. The van der Waals surface area contributed by atoms with E-state index < -0.39 is 5.54 Å². The summed E-state index contributed by atoms with van der Waals surface area (Å²) in [5.41, 5.74) is -0.412. The van der Waals surface area contributed by atoms with Crippen LogP contribution in [0.25, 0.3) is 0 Å². The molecule has 0 aliphatic carbocycles. The highest BCUT2D eigenvalue weighted by Gasteiger charge is 2.32. The van der Waals surface area contributed by atoms with E-state index in [1.165, 1.54) is 0 Å². The fourth-order valence-electron chi connectivity index (χ4n) is 1.53. The molecular formula is C9H19NO3. The largest absolute Gasteiger partial charge is 0.394 e. The normalized spacial score (nSPS) is 23.1. The Labute approximate surface area is 79.2 Å². The average molecular weight is 189 g/mol. The second-order valence-corrected chi connectivity index (χ2v) is 3.84. The molecule has 0 saturated carbocycles. The minimum atomic E-state index is -0.412. The summed E-state index contributed by atoms with van der Waals surface area (Å²) in [7, 11) is 0. The lowest BCUT2D eigenvalue weighted by molar-refractivity contribution is 0.0347. The van der Waals surface area contributed by atoms with Crippen LogP contribution in [0.4, 0.5) is 0 Å². The van der Waals surface area contributed by atoms with Crippen molar-refractivity contribution in [2.75, 3.05) is 33.0 Å². The summed E-state index contributed by atoms with van der Waals surface area (Å²) in [6.45, 7) is 6.39. The van der Waals surface area contributed by atoms with Gasteiger partial charge in [0.15, 0.2) is 0 Å². The van der Waals surface area contributed by atoms with Crippen molar-refractivity contribution in [2.24, 2.45) is 0 Å². The van der Waals surface area contributed by atoms with Crippen molar-refractivity contribution in [3.8, 4) is 0 Å². The maximum absolute atomic E-state index is 9.29.